The van der Waals surface area contributed by atoms with Crippen molar-refractivity contribution in [3.63, 3.8) is 0 Å². The second kappa shape index (κ2) is 6.31. The molecule has 0 saturated carbocycles. The van der Waals surface area contributed by atoms with Crippen LogP contribution in [0.3, 0.4) is 0 Å². The molecule has 0 unspecified atom stereocenters. The maximum Gasteiger partial charge on any atom is 0.0666 e. The fourth-order valence-corrected chi connectivity index (χ4v) is 2.03. The Morgan fingerprint density at radius 3 is 2.78 bits per heavy atom. The molecule has 0 fully saturated rings. The molecule has 18 heavy (non-hydrogen) atoms. The van der Waals surface area contributed by atoms with E-state index in [-0.39, 0.29) is 0 Å². The van der Waals surface area contributed by atoms with Gasteiger partial charge in [0.2, 0.25) is 0 Å². The highest BCUT2D eigenvalue weighted by Gasteiger charge is 2.04. The highest BCUT2D eigenvalue weighted by molar-refractivity contribution is 5.16. The van der Waals surface area contributed by atoms with Crippen LogP contribution in [-0.4, -0.2) is 21.3 Å². The van der Waals surface area contributed by atoms with Crippen LogP contribution in [-0.2, 0) is 26.4 Å². The fourth-order valence-electron chi connectivity index (χ4n) is 2.03. The highest BCUT2D eigenvalue weighted by atomic mass is 15.3. The minimum Gasteiger partial charge on any atom is -0.312 e. The Morgan fingerprint density at radius 1 is 1.28 bits per heavy atom. The van der Waals surface area contributed by atoms with Crippen LogP contribution in [0.15, 0.2) is 30.7 Å². The van der Waals surface area contributed by atoms with Crippen LogP contribution in [0.25, 0.3) is 0 Å². The normalized spacial score (nSPS) is 10.8. The number of aromatic nitrogens is 3. The van der Waals surface area contributed by atoms with E-state index in [1.165, 1.54) is 16.8 Å². The van der Waals surface area contributed by atoms with Crippen LogP contribution in [0.2, 0.25) is 0 Å². The molecule has 0 atom stereocenters. The van der Waals surface area contributed by atoms with Gasteiger partial charge in [-0.3, -0.25) is 9.67 Å². The van der Waals surface area contributed by atoms with Gasteiger partial charge in [0, 0.05) is 37.7 Å². The van der Waals surface area contributed by atoms with E-state index >= 15 is 0 Å². The second-order valence-electron chi connectivity index (χ2n) is 4.41. The molecule has 4 heteroatoms. The summed E-state index contributed by atoms with van der Waals surface area (Å²) >= 11 is 0. The van der Waals surface area contributed by atoms with Gasteiger partial charge in [0.05, 0.1) is 5.69 Å². The summed E-state index contributed by atoms with van der Waals surface area (Å²) in [5.74, 6) is 0. The van der Waals surface area contributed by atoms with Crippen LogP contribution >= 0.6 is 0 Å². The third-order valence-corrected chi connectivity index (χ3v) is 2.98. The Kier molecular flexibility index (Phi) is 4.47. The van der Waals surface area contributed by atoms with Crippen LogP contribution in [0.4, 0.5) is 0 Å². The van der Waals surface area contributed by atoms with Crippen molar-refractivity contribution < 1.29 is 0 Å². The van der Waals surface area contributed by atoms with Gasteiger partial charge in [-0.25, -0.2) is 0 Å². The molecule has 4 nitrogen and oxygen atoms in total. The molecule has 2 rings (SSSR count). The number of hydrogen-bond donors (Lipinski definition) is 1. The molecule has 0 radical (unpaired) electrons. The molecule has 0 aliphatic rings. The van der Waals surface area contributed by atoms with Crippen molar-refractivity contribution in [2.75, 3.05) is 6.54 Å². The zero-order chi connectivity index (χ0) is 12.8. The average Bonchev–Trinajstić information content (AvgIpc) is 2.76. The van der Waals surface area contributed by atoms with Gasteiger partial charge in [-0.1, -0.05) is 6.92 Å². The number of aryl methyl sites for hydroxylation is 2. The Labute approximate surface area is 108 Å². The SMILES string of the molecule is CCc1nn(C)cc1CNCCc1ccncc1. The summed E-state index contributed by atoms with van der Waals surface area (Å²) in [4.78, 5) is 4.02. The molecular weight excluding hydrogens is 224 g/mol. The van der Waals surface area contributed by atoms with Gasteiger partial charge in [0.1, 0.15) is 0 Å². The predicted octanol–water partition coefficient (Wildman–Crippen LogP) is 1.71. The van der Waals surface area contributed by atoms with Crippen molar-refractivity contribution in [2.24, 2.45) is 7.05 Å². The molecule has 0 aliphatic heterocycles. The maximum absolute atomic E-state index is 4.43. The van der Waals surface area contributed by atoms with Crippen LogP contribution in [0.5, 0.6) is 0 Å². The molecule has 0 aliphatic carbocycles. The maximum atomic E-state index is 4.43. The Morgan fingerprint density at radius 2 is 2.06 bits per heavy atom. The molecule has 1 N–H and O–H groups in total. The zero-order valence-corrected chi connectivity index (χ0v) is 11.1. The van der Waals surface area contributed by atoms with Crippen molar-refractivity contribution in [3.8, 4) is 0 Å². The van der Waals surface area contributed by atoms with Crippen LogP contribution < -0.4 is 5.32 Å². The van der Waals surface area contributed by atoms with Crippen molar-refractivity contribution in [3.05, 3.63) is 47.5 Å². The minimum absolute atomic E-state index is 0.891. The molecule has 2 aromatic rings. The predicted molar refractivity (Wildman–Crippen MR) is 72.2 cm³/mol. The van der Waals surface area contributed by atoms with E-state index < -0.39 is 0 Å². The van der Waals surface area contributed by atoms with E-state index in [1.807, 2.05) is 24.1 Å². The molecule has 0 aromatic carbocycles. The van der Waals surface area contributed by atoms with Crippen LogP contribution in [0, 0.1) is 0 Å². The van der Waals surface area contributed by atoms with Gasteiger partial charge in [-0.15, -0.1) is 0 Å². The van der Waals surface area contributed by atoms with Crippen molar-refractivity contribution in [1.29, 1.82) is 0 Å². The topological polar surface area (TPSA) is 42.7 Å². The number of pyridine rings is 1. The third-order valence-electron chi connectivity index (χ3n) is 2.98. The lowest BCUT2D eigenvalue weighted by Crippen LogP contribution is -2.17. The Hall–Kier alpha value is -1.68. The van der Waals surface area contributed by atoms with E-state index in [2.05, 4.69) is 40.7 Å². The summed E-state index contributed by atoms with van der Waals surface area (Å²) < 4.78 is 1.89. The van der Waals surface area contributed by atoms with Crippen molar-refractivity contribution in [1.82, 2.24) is 20.1 Å². The first kappa shape index (κ1) is 12.8. The quantitative estimate of drug-likeness (QED) is 0.787. The molecule has 96 valence electrons. The molecule has 2 aromatic heterocycles. The Balaban J connectivity index is 1.78. The van der Waals surface area contributed by atoms with E-state index in [1.54, 1.807) is 0 Å². The van der Waals surface area contributed by atoms with Gasteiger partial charge in [0.25, 0.3) is 0 Å². The van der Waals surface area contributed by atoms with Crippen molar-refractivity contribution >= 4 is 0 Å². The summed E-state index contributed by atoms with van der Waals surface area (Å²) in [5.41, 5.74) is 3.81. The standard InChI is InChI=1S/C14H20N4/c1-3-14-13(11-18(2)17-14)10-16-9-6-12-4-7-15-8-5-12/h4-5,7-8,11,16H,3,6,9-10H2,1-2H3. The monoisotopic (exact) mass is 244 g/mol. The summed E-state index contributed by atoms with van der Waals surface area (Å²) in [7, 11) is 1.97. The average molecular weight is 244 g/mol. The van der Waals surface area contributed by atoms with Gasteiger partial charge in [-0.05, 0) is 37.1 Å². The molecule has 2 heterocycles. The summed E-state index contributed by atoms with van der Waals surface area (Å²) in [5, 5.41) is 7.90. The summed E-state index contributed by atoms with van der Waals surface area (Å²) in [6.07, 6.45) is 7.79. The largest absolute Gasteiger partial charge is 0.312 e. The summed E-state index contributed by atoms with van der Waals surface area (Å²) in [6, 6.07) is 4.12. The van der Waals surface area contributed by atoms with E-state index in [4.69, 9.17) is 0 Å². The highest BCUT2D eigenvalue weighted by Crippen LogP contribution is 2.06. The van der Waals surface area contributed by atoms with E-state index in [0.29, 0.717) is 0 Å². The second-order valence-corrected chi connectivity index (χ2v) is 4.41. The molecular formula is C14H20N4. The third kappa shape index (κ3) is 3.40. The lowest BCUT2D eigenvalue weighted by atomic mass is 10.2. The molecule has 0 bridgehead atoms. The Bertz CT molecular complexity index is 476. The molecule has 0 spiro atoms. The number of hydrogen-bond acceptors (Lipinski definition) is 3. The molecule has 0 saturated heterocycles. The minimum atomic E-state index is 0.891. The first-order chi connectivity index (χ1) is 8.79. The van der Waals surface area contributed by atoms with Gasteiger partial charge < -0.3 is 5.32 Å². The lowest BCUT2D eigenvalue weighted by molar-refractivity contribution is 0.682. The van der Waals surface area contributed by atoms with E-state index in [0.717, 1.165) is 25.9 Å². The lowest BCUT2D eigenvalue weighted by Gasteiger charge is -2.04. The number of nitrogens with zero attached hydrogens (tertiary/aromatic N) is 3. The smallest absolute Gasteiger partial charge is 0.0666 e. The summed E-state index contributed by atoms with van der Waals surface area (Å²) in [6.45, 7) is 4.01. The zero-order valence-electron chi connectivity index (χ0n) is 11.1. The van der Waals surface area contributed by atoms with Gasteiger partial charge in [-0.2, -0.15) is 5.10 Å². The van der Waals surface area contributed by atoms with Gasteiger partial charge >= 0.3 is 0 Å². The number of nitrogens with one attached hydrogen (secondary N) is 1. The number of rotatable bonds is 6. The molecule has 0 amide bonds. The van der Waals surface area contributed by atoms with Crippen LogP contribution in [0.1, 0.15) is 23.7 Å². The van der Waals surface area contributed by atoms with Crippen molar-refractivity contribution in [2.45, 2.75) is 26.3 Å². The first-order valence-corrected chi connectivity index (χ1v) is 6.40. The first-order valence-electron chi connectivity index (χ1n) is 6.40. The fraction of sp³-hybridized carbons (Fsp3) is 0.429. The van der Waals surface area contributed by atoms with E-state index in [9.17, 15) is 0 Å². The van der Waals surface area contributed by atoms with Gasteiger partial charge in [0.15, 0.2) is 0 Å².